The lowest BCUT2D eigenvalue weighted by Crippen LogP contribution is -2.55. The first-order valence-corrected chi connectivity index (χ1v) is 12.1. The molecular weight excluding hydrogens is 448 g/mol. The number of unbranched alkanes of at least 4 members (excludes halogenated alkanes) is 2. The summed E-state index contributed by atoms with van der Waals surface area (Å²) in [6, 6.07) is 6.72. The first-order chi connectivity index (χ1) is 16.1. The number of carbonyl (C=O) groups is 4. The van der Waals surface area contributed by atoms with Gasteiger partial charge in [0.25, 0.3) is 0 Å². The van der Waals surface area contributed by atoms with Gasteiger partial charge in [-0.05, 0) is 53.5 Å². The number of primary amides is 1. The molecule has 0 heterocycles. The lowest BCUT2D eigenvalue weighted by atomic mass is 9.99. The van der Waals surface area contributed by atoms with E-state index in [1.165, 1.54) is 4.90 Å². The van der Waals surface area contributed by atoms with Crippen molar-refractivity contribution in [1.82, 2.24) is 15.5 Å². The minimum atomic E-state index is -1.28. The highest BCUT2D eigenvalue weighted by Gasteiger charge is 2.37. The molecule has 0 bridgehead atoms. The van der Waals surface area contributed by atoms with E-state index in [0.717, 1.165) is 12.8 Å². The Bertz CT molecular complexity index is 859. The third-order valence-electron chi connectivity index (χ3n) is 4.85. The Hall–Kier alpha value is -3.10. The number of hydrogen-bond donors (Lipinski definition) is 3. The van der Waals surface area contributed by atoms with E-state index in [2.05, 4.69) is 10.6 Å². The molecule has 2 unspecified atom stereocenters. The maximum absolute atomic E-state index is 13.8. The van der Waals surface area contributed by atoms with Crippen LogP contribution in [0, 0.1) is 0 Å². The Morgan fingerprint density at radius 1 is 1.00 bits per heavy atom. The minimum absolute atomic E-state index is 0.259. The van der Waals surface area contributed by atoms with Crippen molar-refractivity contribution < 1.29 is 23.9 Å². The third kappa shape index (κ3) is 11.2. The number of hydrogen-bond acceptors (Lipinski definition) is 5. The number of amides is 4. The van der Waals surface area contributed by atoms with Gasteiger partial charge in [0, 0.05) is 12.1 Å². The Morgan fingerprint density at radius 3 is 2.09 bits per heavy atom. The van der Waals surface area contributed by atoms with Crippen molar-refractivity contribution >= 4 is 23.8 Å². The SMILES string of the molecule is CCCCCN(C(=O)C(CC(N)=O)NC(=O)OC(C)(C)C)C(C(=O)NC(C)(C)C)c1ccccc1. The van der Waals surface area contributed by atoms with E-state index in [4.69, 9.17) is 10.5 Å². The van der Waals surface area contributed by atoms with Crippen LogP contribution in [0.4, 0.5) is 4.79 Å². The number of ether oxygens (including phenoxy) is 1. The third-order valence-corrected chi connectivity index (χ3v) is 4.85. The van der Waals surface area contributed by atoms with E-state index < -0.39 is 47.6 Å². The summed E-state index contributed by atoms with van der Waals surface area (Å²) in [5.74, 6) is -1.70. The molecule has 0 aliphatic rings. The van der Waals surface area contributed by atoms with Gasteiger partial charge in [0.15, 0.2) is 0 Å². The second-order valence-electron chi connectivity index (χ2n) is 10.7. The maximum Gasteiger partial charge on any atom is 0.408 e. The van der Waals surface area contributed by atoms with Crippen molar-refractivity contribution in [1.29, 1.82) is 0 Å². The summed E-state index contributed by atoms with van der Waals surface area (Å²) in [5.41, 5.74) is 4.69. The molecule has 0 aliphatic heterocycles. The van der Waals surface area contributed by atoms with Crippen molar-refractivity contribution in [2.24, 2.45) is 5.73 Å². The molecule has 0 saturated carbocycles. The van der Waals surface area contributed by atoms with Gasteiger partial charge in [0.05, 0.1) is 6.42 Å². The van der Waals surface area contributed by atoms with Gasteiger partial charge < -0.3 is 26.0 Å². The average molecular weight is 491 g/mol. The molecule has 0 saturated heterocycles. The predicted octanol–water partition coefficient (Wildman–Crippen LogP) is 3.43. The molecule has 2 atom stereocenters. The molecule has 4 N–H and O–H groups in total. The molecule has 1 aromatic carbocycles. The lowest BCUT2D eigenvalue weighted by Gasteiger charge is -2.36. The molecule has 9 heteroatoms. The van der Waals surface area contributed by atoms with Crippen molar-refractivity contribution in [2.75, 3.05) is 6.54 Å². The summed E-state index contributed by atoms with van der Waals surface area (Å²) in [5, 5.41) is 5.44. The molecule has 0 aliphatic carbocycles. The highest BCUT2D eigenvalue weighted by molar-refractivity contribution is 5.94. The van der Waals surface area contributed by atoms with Gasteiger partial charge in [0.1, 0.15) is 17.7 Å². The number of nitrogens with zero attached hydrogens (tertiary/aromatic N) is 1. The number of nitrogens with two attached hydrogens (primary N) is 1. The Balaban J connectivity index is 3.45. The molecule has 0 fully saturated rings. The molecule has 9 nitrogen and oxygen atoms in total. The van der Waals surface area contributed by atoms with Crippen LogP contribution in [-0.4, -0.2) is 52.4 Å². The van der Waals surface area contributed by atoms with Crippen LogP contribution in [0.15, 0.2) is 30.3 Å². The zero-order valence-corrected chi connectivity index (χ0v) is 22.1. The molecule has 35 heavy (non-hydrogen) atoms. The van der Waals surface area contributed by atoms with Gasteiger partial charge in [-0.15, -0.1) is 0 Å². The summed E-state index contributed by atoms with van der Waals surface area (Å²) in [4.78, 5) is 53.0. The summed E-state index contributed by atoms with van der Waals surface area (Å²) < 4.78 is 5.28. The van der Waals surface area contributed by atoms with Crippen molar-refractivity contribution in [3.63, 3.8) is 0 Å². The van der Waals surface area contributed by atoms with Crippen LogP contribution in [0.2, 0.25) is 0 Å². The molecule has 4 amide bonds. The first-order valence-electron chi connectivity index (χ1n) is 12.1. The number of nitrogens with one attached hydrogen (secondary N) is 2. The number of carbonyl (C=O) groups excluding carboxylic acids is 4. The summed E-state index contributed by atoms with van der Waals surface area (Å²) in [7, 11) is 0. The standard InChI is InChI=1S/C26H42N4O5/c1-8-9-13-16-30(21(18-14-11-10-12-15-18)22(32)29-25(2,3)4)23(33)19(17-20(27)31)28-24(34)35-26(5,6)7/h10-12,14-15,19,21H,8-9,13,16-17H2,1-7H3,(H2,27,31)(H,28,34)(H,29,32). The smallest absolute Gasteiger partial charge is 0.408 e. The zero-order valence-electron chi connectivity index (χ0n) is 22.1. The molecule has 0 aromatic heterocycles. The monoisotopic (exact) mass is 490 g/mol. The second-order valence-corrected chi connectivity index (χ2v) is 10.7. The van der Waals surface area contributed by atoms with Crippen LogP contribution in [-0.2, 0) is 19.1 Å². The summed E-state index contributed by atoms with van der Waals surface area (Å²) in [6.45, 7) is 12.9. The number of alkyl carbamates (subject to hydrolysis) is 1. The predicted molar refractivity (Wildman–Crippen MR) is 135 cm³/mol. The van der Waals surface area contributed by atoms with Crippen LogP contribution in [0.1, 0.15) is 85.8 Å². The van der Waals surface area contributed by atoms with E-state index in [1.54, 1.807) is 45.0 Å². The minimum Gasteiger partial charge on any atom is -0.444 e. The van der Waals surface area contributed by atoms with Gasteiger partial charge in [-0.25, -0.2) is 4.79 Å². The molecule has 1 aromatic rings. The van der Waals surface area contributed by atoms with Gasteiger partial charge in [0.2, 0.25) is 17.7 Å². The van der Waals surface area contributed by atoms with Crippen LogP contribution >= 0.6 is 0 Å². The molecule has 0 radical (unpaired) electrons. The molecule has 1 rings (SSSR count). The highest BCUT2D eigenvalue weighted by Crippen LogP contribution is 2.25. The highest BCUT2D eigenvalue weighted by atomic mass is 16.6. The zero-order chi connectivity index (χ0) is 26.8. The average Bonchev–Trinajstić information content (AvgIpc) is 2.69. The van der Waals surface area contributed by atoms with Gasteiger partial charge >= 0.3 is 6.09 Å². The lowest BCUT2D eigenvalue weighted by molar-refractivity contribution is -0.144. The van der Waals surface area contributed by atoms with Crippen molar-refractivity contribution in [3.05, 3.63) is 35.9 Å². The van der Waals surface area contributed by atoms with Crippen molar-refractivity contribution in [2.45, 2.75) is 97.4 Å². The summed E-state index contributed by atoms with van der Waals surface area (Å²) in [6.07, 6.45) is 1.12. The fraction of sp³-hybridized carbons (Fsp3) is 0.615. The fourth-order valence-electron chi connectivity index (χ4n) is 3.50. The second kappa shape index (κ2) is 13.1. The Labute approximate surface area is 209 Å². The van der Waals surface area contributed by atoms with Crippen LogP contribution < -0.4 is 16.4 Å². The Kier molecular flexibility index (Phi) is 11.2. The van der Waals surface area contributed by atoms with Crippen LogP contribution in [0.5, 0.6) is 0 Å². The quantitative estimate of drug-likeness (QED) is 0.409. The Morgan fingerprint density at radius 2 is 1.60 bits per heavy atom. The summed E-state index contributed by atoms with van der Waals surface area (Å²) >= 11 is 0. The molecule has 0 spiro atoms. The largest absolute Gasteiger partial charge is 0.444 e. The molecule has 196 valence electrons. The molecular formula is C26H42N4O5. The van der Waals surface area contributed by atoms with Crippen LogP contribution in [0.3, 0.4) is 0 Å². The van der Waals surface area contributed by atoms with E-state index in [0.29, 0.717) is 12.0 Å². The van der Waals surface area contributed by atoms with Gasteiger partial charge in [-0.3, -0.25) is 14.4 Å². The number of rotatable bonds is 11. The van der Waals surface area contributed by atoms with E-state index >= 15 is 0 Å². The maximum atomic E-state index is 13.8. The van der Waals surface area contributed by atoms with Crippen LogP contribution in [0.25, 0.3) is 0 Å². The van der Waals surface area contributed by atoms with Gasteiger partial charge in [-0.2, -0.15) is 0 Å². The topological polar surface area (TPSA) is 131 Å². The van der Waals surface area contributed by atoms with E-state index in [9.17, 15) is 19.2 Å². The van der Waals surface area contributed by atoms with Gasteiger partial charge in [-0.1, -0.05) is 50.1 Å². The number of benzene rings is 1. The fourth-order valence-corrected chi connectivity index (χ4v) is 3.50. The van der Waals surface area contributed by atoms with Crippen molar-refractivity contribution in [3.8, 4) is 0 Å². The van der Waals surface area contributed by atoms with E-state index in [-0.39, 0.29) is 12.5 Å². The first kappa shape index (κ1) is 29.9. The van der Waals surface area contributed by atoms with E-state index in [1.807, 2.05) is 33.8 Å². The normalized spacial score (nSPS) is 13.3.